The average molecular weight is 508 g/mol. The lowest BCUT2D eigenvalue weighted by molar-refractivity contribution is -0.140. The number of nitrogens with one attached hydrogen (secondary N) is 1. The predicted molar refractivity (Wildman–Crippen MR) is 134 cm³/mol. The van der Waals surface area contributed by atoms with E-state index >= 15 is 0 Å². The number of ether oxygens (including phenoxy) is 1. The minimum Gasteiger partial charge on any atom is -0.497 e. The third kappa shape index (κ3) is 7.95. The fraction of sp³-hybridized carbons (Fsp3) is 0.440. The molecule has 0 aromatic heterocycles. The summed E-state index contributed by atoms with van der Waals surface area (Å²) in [4.78, 5) is 28.0. The van der Waals surface area contributed by atoms with Crippen molar-refractivity contribution in [2.45, 2.75) is 52.2 Å². The monoisotopic (exact) mass is 507 g/mol. The van der Waals surface area contributed by atoms with Crippen LogP contribution < -0.4 is 14.4 Å². The van der Waals surface area contributed by atoms with Gasteiger partial charge < -0.3 is 15.0 Å². The van der Waals surface area contributed by atoms with Gasteiger partial charge >= 0.3 is 0 Å². The van der Waals surface area contributed by atoms with E-state index in [4.69, 9.17) is 4.74 Å². The van der Waals surface area contributed by atoms with Gasteiger partial charge in [-0.3, -0.25) is 13.9 Å². The molecule has 2 amide bonds. The summed E-state index contributed by atoms with van der Waals surface area (Å²) in [6, 6.07) is 11.2. The van der Waals surface area contributed by atoms with Gasteiger partial charge in [0.25, 0.3) is 0 Å². The zero-order valence-electron chi connectivity index (χ0n) is 20.8. The van der Waals surface area contributed by atoms with Crippen molar-refractivity contribution < 1.29 is 27.1 Å². The SMILES string of the molecule is CC[C@@H](C)NC(=O)[C@H](CC)N(Cc1cccc(OC)c1)C(=O)CN(c1cccc(F)c1)S(C)(=O)=O. The second-order valence-corrected chi connectivity index (χ2v) is 10.3. The molecule has 0 aliphatic carbocycles. The van der Waals surface area contributed by atoms with Crippen LogP contribution in [-0.4, -0.2) is 57.1 Å². The Balaban J connectivity index is 2.45. The van der Waals surface area contributed by atoms with Crippen molar-refractivity contribution in [3.05, 3.63) is 59.9 Å². The summed E-state index contributed by atoms with van der Waals surface area (Å²) in [5, 5.41) is 2.91. The number of hydrogen-bond acceptors (Lipinski definition) is 5. The molecule has 2 atom stereocenters. The minimum atomic E-state index is -3.92. The quantitative estimate of drug-likeness (QED) is 0.476. The van der Waals surface area contributed by atoms with Gasteiger partial charge in [-0.25, -0.2) is 12.8 Å². The van der Waals surface area contributed by atoms with Crippen molar-refractivity contribution in [1.82, 2.24) is 10.2 Å². The van der Waals surface area contributed by atoms with E-state index in [0.29, 0.717) is 24.2 Å². The van der Waals surface area contributed by atoms with E-state index in [9.17, 15) is 22.4 Å². The van der Waals surface area contributed by atoms with E-state index in [2.05, 4.69) is 5.32 Å². The van der Waals surface area contributed by atoms with Crippen molar-refractivity contribution in [3.8, 4) is 5.75 Å². The molecule has 0 bridgehead atoms. The molecule has 2 aromatic carbocycles. The van der Waals surface area contributed by atoms with Crippen LogP contribution >= 0.6 is 0 Å². The van der Waals surface area contributed by atoms with Gasteiger partial charge in [0.1, 0.15) is 24.2 Å². The number of nitrogens with zero attached hydrogens (tertiary/aromatic N) is 2. The number of benzene rings is 2. The van der Waals surface area contributed by atoms with Gasteiger partial charge in [0, 0.05) is 12.6 Å². The third-order valence-electron chi connectivity index (χ3n) is 5.65. The number of anilines is 1. The van der Waals surface area contributed by atoms with Crippen molar-refractivity contribution in [1.29, 1.82) is 0 Å². The number of carbonyl (C=O) groups excluding carboxylic acids is 2. The number of halogens is 1. The second kappa shape index (κ2) is 12.5. The van der Waals surface area contributed by atoms with Crippen LogP contribution in [0.3, 0.4) is 0 Å². The Kier molecular flexibility index (Phi) is 10.1. The zero-order chi connectivity index (χ0) is 26.2. The molecule has 0 radical (unpaired) electrons. The van der Waals surface area contributed by atoms with Gasteiger partial charge in [-0.15, -0.1) is 0 Å². The summed E-state index contributed by atoms with van der Waals surface area (Å²) in [5.74, 6) is -0.954. The van der Waals surface area contributed by atoms with Gasteiger partial charge in [-0.2, -0.15) is 0 Å². The minimum absolute atomic E-state index is 0.0271. The molecule has 1 N–H and O–H groups in total. The molecular weight excluding hydrogens is 473 g/mol. The number of methoxy groups -OCH3 is 1. The number of carbonyl (C=O) groups is 2. The fourth-order valence-electron chi connectivity index (χ4n) is 3.57. The number of amides is 2. The Morgan fingerprint density at radius 2 is 1.77 bits per heavy atom. The van der Waals surface area contributed by atoms with Crippen LogP contribution in [0.1, 0.15) is 39.2 Å². The highest BCUT2D eigenvalue weighted by molar-refractivity contribution is 7.92. The molecule has 0 unspecified atom stereocenters. The highest BCUT2D eigenvalue weighted by atomic mass is 32.2. The average Bonchev–Trinajstić information content (AvgIpc) is 2.81. The van der Waals surface area contributed by atoms with E-state index in [1.807, 2.05) is 13.8 Å². The first-order valence-electron chi connectivity index (χ1n) is 11.5. The Morgan fingerprint density at radius 3 is 2.34 bits per heavy atom. The molecule has 0 aliphatic heterocycles. The van der Waals surface area contributed by atoms with Crippen molar-refractivity contribution >= 4 is 27.5 Å². The number of rotatable bonds is 12. The lowest BCUT2D eigenvalue weighted by Gasteiger charge is -2.33. The third-order valence-corrected chi connectivity index (χ3v) is 6.79. The summed E-state index contributed by atoms with van der Waals surface area (Å²) in [6.45, 7) is 5.07. The van der Waals surface area contributed by atoms with Crippen LogP contribution in [0.25, 0.3) is 0 Å². The van der Waals surface area contributed by atoms with Crippen molar-refractivity contribution in [2.75, 3.05) is 24.2 Å². The molecule has 0 aliphatic rings. The normalized spacial score (nSPS) is 13.0. The van der Waals surface area contributed by atoms with Crippen LogP contribution in [0.2, 0.25) is 0 Å². The highest BCUT2D eigenvalue weighted by Crippen LogP contribution is 2.21. The molecule has 35 heavy (non-hydrogen) atoms. The molecule has 0 spiro atoms. The molecule has 192 valence electrons. The van der Waals surface area contributed by atoms with E-state index < -0.39 is 34.3 Å². The molecule has 2 aromatic rings. The molecule has 2 rings (SSSR count). The lowest BCUT2D eigenvalue weighted by atomic mass is 10.1. The Bertz CT molecular complexity index is 1130. The molecule has 8 nitrogen and oxygen atoms in total. The van der Waals surface area contributed by atoms with E-state index in [1.165, 1.54) is 30.2 Å². The first-order chi connectivity index (χ1) is 16.5. The first kappa shape index (κ1) is 28.1. The largest absolute Gasteiger partial charge is 0.497 e. The van der Waals surface area contributed by atoms with Crippen LogP contribution in [0.5, 0.6) is 5.75 Å². The molecule has 0 heterocycles. The first-order valence-corrected chi connectivity index (χ1v) is 13.3. The summed E-state index contributed by atoms with van der Waals surface area (Å²) in [6.07, 6.45) is 1.98. The van der Waals surface area contributed by atoms with E-state index in [0.717, 1.165) is 16.6 Å². The number of sulfonamides is 1. The van der Waals surface area contributed by atoms with Crippen LogP contribution in [0.4, 0.5) is 10.1 Å². The summed E-state index contributed by atoms with van der Waals surface area (Å²) in [5.41, 5.74) is 0.739. The molecule has 0 saturated carbocycles. The summed E-state index contributed by atoms with van der Waals surface area (Å²) in [7, 11) is -2.40. The summed E-state index contributed by atoms with van der Waals surface area (Å²) < 4.78 is 45.0. The molecule has 10 heteroatoms. The van der Waals surface area contributed by atoms with Crippen LogP contribution in [0.15, 0.2) is 48.5 Å². The van der Waals surface area contributed by atoms with E-state index in [1.54, 1.807) is 31.2 Å². The molecule has 0 saturated heterocycles. The Morgan fingerprint density at radius 1 is 1.09 bits per heavy atom. The molecule has 0 fully saturated rings. The lowest BCUT2D eigenvalue weighted by Crippen LogP contribution is -2.53. The van der Waals surface area contributed by atoms with Crippen LogP contribution in [0, 0.1) is 5.82 Å². The maximum Gasteiger partial charge on any atom is 0.244 e. The fourth-order valence-corrected chi connectivity index (χ4v) is 4.41. The van der Waals surface area contributed by atoms with Crippen LogP contribution in [-0.2, 0) is 26.2 Å². The summed E-state index contributed by atoms with van der Waals surface area (Å²) >= 11 is 0. The Hall–Kier alpha value is -3.14. The number of hydrogen-bond donors (Lipinski definition) is 1. The molecular formula is C25H34FN3O5S. The maximum absolute atomic E-state index is 13.8. The smallest absolute Gasteiger partial charge is 0.244 e. The van der Waals surface area contributed by atoms with Crippen molar-refractivity contribution in [2.24, 2.45) is 0 Å². The van der Waals surface area contributed by atoms with Crippen molar-refractivity contribution in [3.63, 3.8) is 0 Å². The van der Waals surface area contributed by atoms with Gasteiger partial charge in [0.05, 0.1) is 19.1 Å². The second-order valence-electron chi connectivity index (χ2n) is 8.36. The topological polar surface area (TPSA) is 96.0 Å². The standard InChI is InChI=1S/C25H34FN3O5S/c1-6-18(3)27-25(31)23(7-2)28(16-19-10-8-13-22(14-19)34-4)24(30)17-29(35(5,32)33)21-12-9-11-20(26)15-21/h8-15,18,23H,6-7,16-17H2,1-5H3,(H,27,31)/t18-,23+/m1/s1. The van der Waals surface area contributed by atoms with Gasteiger partial charge in [0.2, 0.25) is 21.8 Å². The van der Waals surface area contributed by atoms with Gasteiger partial charge in [0.15, 0.2) is 0 Å². The van der Waals surface area contributed by atoms with E-state index in [-0.39, 0.29) is 24.2 Å². The maximum atomic E-state index is 13.8. The Labute approximate surface area is 207 Å². The van der Waals surface area contributed by atoms with Gasteiger partial charge in [-0.1, -0.05) is 32.0 Å². The predicted octanol–water partition coefficient (Wildman–Crippen LogP) is 3.32. The highest BCUT2D eigenvalue weighted by Gasteiger charge is 2.32. The zero-order valence-corrected chi connectivity index (χ0v) is 21.6. The van der Waals surface area contributed by atoms with Gasteiger partial charge in [-0.05, 0) is 55.7 Å².